The van der Waals surface area contributed by atoms with Crippen LogP contribution in [0, 0.1) is 11.8 Å². The first-order chi connectivity index (χ1) is 10.8. The van der Waals surface area contributed by atoms with E-state index < -0.39 is 22.5 Å². The Morgan fingerprint density at radius 1 is 1.17 bits per heavy atom. The molecular formula is C16H20N2O4S. The summed E-state index contributed by atoms with van der Waals surface area (Å²) in [5, 5.41) is 0. The first-order valence-electron chi connectivity index (χ1n) is 7.74. The third-order valence-electron chi connectivity index (χ3n) is 4.41. The Kier molecular flexibility index (Phi) is 3.91. The van der Waals surface area contributed by atoms with E-state index in [9.17, 15) is 18.0 Å². The van der Waals surface area contributed by atoms with Gasteiger partial charge >= 0.3 is 0 Å². The Hall–Kier alpha value is -1.89. The van der Waals surface area contributed by atoms with Gasteiger partial charge in [-0.25, -0.2) is 12.7 Å². The van der Waals surface area contributed by atoms with Crippen LogP contribution in [0.1, 0.15) is 30.6 Å². The molecule has 0 saturated carbocycles. The topological polar surface area (TPSA) is 74.8 Å². The Balaban J connectivity index is 1.81. The molecule has 0 radical (unpaired) electrons. The number of rotatable bonds is 2. The molecule has 1 fully saturated rings. The first kappa shape index (κ1) is 16.0. The van der Waals surface area contributed by atoms with Gasteiger partial charge in [0.2, 0.25) is 5.91 Å². The second-order valence-corrected chi connectivity index (χ2v) is 8.39. The highest BCUT2D eigenvalue weighted by molar-refractivity contribution is 7.90. The van der Waals surface area contributed by atoms with Crippen LogP contribution in [0.5, 0.6) is 0 Å². The van der Waals surface area contributed by atoms with E-state index in [2.05, 4.69) is 13.8 Å². The van der Waals surface area contributed by atoms with E-state index in [1.165, 1.54) is 12.1 Å². The van der Waals surface area contributed by atoms with Crippen molar-refractivity contribution in [3.63, 3.8) is 0 Å². The fourth-order valence-electron chi connectivity index (χ4n) is 3.48. The average molecular weight is 336 g/mol. The van der Waals surface area contributed by atoms with Crippen LogP contribution in [-0.2, 0) is 14.8 Å². The molecule has 2 aliphatic rings. The van der Waals surface area contributed by atoms with Crippen LogP contribution < -0.4 is 0 Å². The van der Waals surface area contributed by atoms with Crippen LogP contribution >= 0.6 is 0 Å². The Labute approximate surface area is 136 Å². The van der Waals surface area contributed by atoms with Gasteiger partial charge in [0.1, 0.15) is 11.4 Å². The van der Waals surface area contributed by atoms with E-state index in [0.717, 1.165) is 6.42 Å². The van der Waals surface area contributed by atoms with Crippen LogP contribution in [-0.4, -0.2) is 49.1 Å². The molecule has 2 amide bonds. The van der Waals surface area contributed by atoms with Crippen LogP contribution in [0.4, 0.5) is 0 Å². The highest BCUT2D eigenvalue weighted by Crippen LogP contribution is 2.30. The lowest BCUT2D eigenvalue weighted by molar-refractivity contribution is -0.133. The van der Waals surface area contributed by atoms with E-state index in [1.807, 2.05) is 0 Å². The zero-order chi connectivity index (χ0) is 16.8. The number of sulfonamides is 1. The lowest BCUT2D eigenvalue weighted by Gasteiger charge is -2.35. The molecule has 0 unspecified atom stereocenters. The van der Waals surface area contributed by atoms with E-state index in [4.69, 9.17) is 0 Å². The maximum atomic E-state index is 12.5. The maximum Gasteiger partial charge on any atom is 0.269 e. The van der Waals surface area contributed by atoms with Gasteiger partial charge < -0.3 is 4.90 Å². The minimum atomic E-state index is -3.92. The Morgan fingerprint density at radius 2 is 1.78 bits per heavy atom. The van der Waals surface area contributed by atoms with Crippen molar-refractivity contribution >= 4 is 21.8 Å². The number of likely N-dealkylation sites (tertiary alicyclic amines) is 1. The molecule has 23 heavy (non-hydrogen) atoms. The van der Waals surface area contributed by atoms with Gasteiger partial charge in [0.25, 0.3) is 15.9 Å². The summed E-state index contributed by atoms with van der Waals surface area (Å²) in [4.78, 5) is 26.5. The second kappa shape index (κ2) is 5.63. The van der Waals surface area contributed by atoms with Crippen LogP contribution in [0.3, 0.4) is 0 Å². The molecule has 1 aromatic carbocycles. The predicted molar refractivity (Wildman–Crippen MR) is 84.2 cm³/mol. The number of amides is 2. The van der Waals surface area contributed by atoms with Gasteiger partial charge in [0.05, 0.1) is 5.56 Å². The third-order valence-corrected chi connectivity index (χ3v) is 6.20. The summed E-state index contributed by atoms with van der Waals surface area (Å²) in [6.07, 6.45) is 1.05. The number of benzene rings is 1. The van der Waals surface area contributed by atoms with Crippen LogP contribution in [0.15, 0.2) is 29.2 Å². The molecule has 1 saturated heterocycles. The fraction of sp³-hybridized carbons (Fsp3) is 0.500. The van der Waals surface area contributed by atoms with Gasteiger partial charge in [0.15, 0.2) is 0 Å². The monoisotopic (exact) mass is 336 g/mol. The molecular weight excluding hydrogens is 316 g/mol. The summed E-state index contributed by atoms with van der Waals surface area (Å²) >= 11 is 0. The van der Waals surface area contributed by atoms with Gasteiger partial charge in [0, 0.05) is 13.1 Å². The lowest BCUT2D eigenvalue weighted by atomic mass is 9.92. The number of fused-ring (bicyclic) bond motifs is 1. The molecule has 7 heteroatoms. The SMILES string of the molecule is C[C@@H]1C[C@H](C)CN(C(=O)CN2C(=O)c3ccccc3S2(=O)=O)C1. The lowest BCUT2D eigenvalue weighted by Crippen LogP contribution is -2.48. The number of hydrogen-bond acceptors (Lipinski definition) is 4. The van der Waals surface area contributed by atoms with Crippen molar-refractivity contribution in [2.75, 3.05) is 19.6 Å². The van der Waals surface area contributed by atoms with Crippen molar-refractivity contribution in [3.05, 3.63) is 29.8 Å². The van der Waals surface area contributed by atoms with Crippen molar-refractivity contribution in [2.24, 2.45) is 11.8 Å². The van der Waals surface area contributed by atoms with E-state index in [1.54, 1.807) is 17.0 Å². The highest BCUT2D eigenvalue weighted by Gasteiger charge is 2.42. The van der Waals surface area contributed by atoms with Gasteiger partial charge in [-0.1, -0.05) is 26.0 Å². The predicted octanol–water partition coefficient (Wildman–Crippen LogP) is 1.34. The van der Waals surface area contributed by atoms with Crippen molar-refractivity contribution in [2.45, 2.75) is 25.2 Å². The van der Waals surface area contributed by atoms with Gasteiger partial charge in [-0.3, -0.25) is 9.59 Å². The molecule has 3 rings (SSSR count). The third kappa shape index (κ3) is 2.73. The summed E-state index contributed by atoms with van der Waals surface area (Å²) in [5.74, 6) is -0.170. The zero-order valence-electron chi connectivity index (χ0n) is 13.2. The first-order valence-corrected chi connectivity index (χ1v) is 9.18. The normalized spacial score (nSPS) is 26.3. The van der Waals surface area contributed by atoms with Gasteiger partial charge in [-0.05, 0) is 30.4 Å². The Bertz CT molecular complexity index is 749. The molecule has 1 aromatic rings. The van der Waals surface area contributed by atoms with E-state index in [0.29, 0.717) is 29.2 Å². The average Bonchev–Trinajstić information content (AvgIpc) is 2.68. The van der Waals surface area contributed by atoms with Crippen LogP contribution in [0.25, 0.3) is 0 Å². The summed E-state index contributed by atoms with van der Waals surface area (Å²) in [6.45, 7) is 4.94. The number of carbonyl (C=O) groups is 2. The van der Waals surface area contributed by atoms with Crippen molar-refractivity contribution in [1.29, 1.82) is 0 Å². The smallest absolute Gasteiger partial charge is 0.269 e. The molecule has 0 bridgehead atoms. The quantitative estimate of drug-likeness (QED) is 0.817. The van der Waals surface area contributed by atoms with Crippen LogP contribution in [0.2, 0.25) is 0 Å². The minimum Gasteiger partial charge on any atom is -0.341 e. The second-order valence-electron chi connectivity index (χ2n) is 6.56. The van der Waals surface area contributed by atoms with Crippen molar-refractivity contribution < 1.29 is 18.0 Å². The number of nitrogens with zero attached hydrogens (tertiary/aromatic N) is 2. The molecule has 0 N–H and O–H groups in total. The van der Waals surface area contributed by atoms with Crippen molar-refractivity contribution in [1.82, 2.24) is 9.21 Å². The molecule has 2 heterocycles. The molecule has 0 aromatic heterocycles. The summed E-state index contributed by atoms with van der Waals surface area (Å²) in [5.41, 5.74) is 0.140. The highest BCUT2D eigenvalue weighted by atomic mass is 32.2. The number of hydrogen-bond donors (Lipinski definition) is 0. The molecule has 0 spiro atoms. The molecule has 124 valence electrons. The minimum absolute atomic E-state index is 0.0156. The summed E-state index contributed by atoms with van der Waals surface area (Å²) in [7, 11) is -3.92. The maximum absolute atomic E-state index is 12.5. The largest absolute Gasteiger partial charge is 0.341 e. The van der Waals surface area contributed by atoms with Gasteiger partial charge in [-0.15, -0.1) is 0 Å². The molecule has 2 aliphatic heterocycles. The van der Waals surface area contributed by atoms with Crippen molar-refractivity contribution in [3.8, 4) is 0 Å². The molecule has 2 atom stereocenters. The zero-order valence-corrected chi connectivity index (χ0v) is 14.0. The molecule has 6 nitrogen and oxygen atoms in total. The van der Waals surface area contributed by atoms with E-state index in [-0.39, 0.29) is 16.4 Å². The summed E-state index contributed by atoms with van der Waals surface area (Å²) in [6, 6.07) is 6.07. The van der Waals surface area contributed by atoms with Gasteiger partial charge in [-0.2, -0.15) is 0 Å². The fourth-order valence-corrected chi connectivity index (χ4v) is 4.99. The number of piperidine rings is 1. The standard InChI is InChI=1S/C16H20N2O4S/c1-11-7-12(2)9-17(8-11)15(19)10-18-16(20)13-5-3-4-6-14(13)23(18,21)22/h3-6,11-12H,7-10H2,1-2H3/t11-,12+. The summed E-state index contributed by atoms with van der Waals surface area (Å²) < 4.78 is 25.7. The molecule has 0 aliphatic carbocycles. The Morgan fingerprint density at radius 3 is 2.39 bits per heavy atom. The number of carbonyl (C=O) groups excluding carboxylic acids is 2. The van der Waals surface area contributed by atoms with E-state index >= 15 is 0 Å².